The maximum atomic E-state index is 10.5. The number of amides is 1. The topological polar surface area (TPSA) is 138 Å². The average Bonchev–Trinajstić information content (AvgIpc) is 3.71. The Morgan fingerprint density at radius 1 is 0.927 bits per heavy atom. The number of rotatable bonds is 4. The van der Waals surface area contributed by atoms with Gasteiger partial charge in [0.05, 0.1) is 11.1 Å². The van der Waals surface area contributed by atoms with Gasteiger partial charge in [0.1, 0.15) is 22.0 Å². The minimum Gasteiger partial charge on any atom is -0.383 e. The molecule has 9 nitrogen and oxygen atoms in total. The molecule has 0 saturated heterocycles. The molecule has 1 aliphatic rings. The molecule has 204 valence electrons. The largest absolute Gasteiger partial charge is 0.383 e. The molecule has 0 unspecified atom stereocenters. The number of pyridine rings is 3. The lowest BCUT2D eigenvalue weighted by Gasteiger charge is -2.12. The summed E-state index contributed by atoms with van der Waals surface area (Å²) in [5.41, 5.74) is 20.7. The molecule has 7 rings (SSSR count). The number of benzene rings is 1. The molecule has 0 aliphatic heterocycles. The predicted molar refractivity (Wildman–Crippen MR) is 162 cm³/mol. The lowest BCUT2D eigenvalue weighted by atomic mass is 10.1. The third-order valence-electron chi connectivity index (χ3n) is 6.96. The van der Waals surface area contributed by atoms with E-state index in [2.05, 4.69) is 37.7 Å². The van der Waals surface area contributed by atoms with Crippen molar-refractivity contribution in [1.82, 2.24) is 29.5 Å². The Kier molecular flexibility index (Phi) is 6.98. The van der Waals surface area contributed by atoms with E-state index in [4.69, 9.17) is 21.4 Å². The zero-order valence-electron chi connectivity index (χ0n) is 22.7. The van der Waals surface area contributed by atoms with Crippen LogP contribution in [0.25, 0.3) is 38.9 Å². The van der Waals surface area contributed by atoms with E-state index >= 15 is 0 Å². The number of anilines is 1. The van der Waals surface area contributed by atoms with Crippen molar-refractivity contribution in [3.05, 3.63) is 100 Å². The average molecular weight is 561 g/mol. The van der Waals surface area contributed by atoms with Crippen molar-refractivity contribution in [2.45, 2.75) is 33.1 Å². The second kappa shape index (κ2) is 10.9. The molecule has 41 heavy (non-hydrogen) atoms. The van der Waals surface area contributed by atoms with E-state index < -0.39 is 5.91 Å². The molecule has 0 bridgehead atoms. The van der Waals surface area contributed by atoms with E-state index in [1.54, 1.807) is 29.7 Å². The van der Waals surface area contributed by atoms with Crippen LogP contribution in [0.15, 0.2) is 72.4 Å². The fourth-order valence-corrected chi connectivity index (χ4v) is 5.66. The first-order valence-electron chi connectivity index (χ1n) is 13.2. The molecule has 0 spiro atoms. The summed E-state index contributed by atoms with van der Waals surface area (Å²) in [5.74, 6) is 0.766. The number of nitrogens with two attached hydrogens (primary N) is 2. The van der Waals surface area contributed by atoms with E-state index in [1.807, 2.05) is 43.5 Å². The van der Waals surface area contributed by atoms with Gasteiger partial charge in [-0.05, 0) is 92.8 Å². The smallest absolute Gasteiger partial charge is 0.250 e. The number of carbonyl (C=O) groups excluding carboxylic acids is 1. The summed E-state index contributed by atoms with van der Waals surface area (Å²) >= 11 is 1.60. The van der Waals surface area contributed by atoms with Crippen molar-refractivity contribution in [3.8, 4) is 27.8 Å². The maximum Gasteiger partial charge on any atom is 0.250 e. The Balaban J connectivity index is 0.000000258. The van der Waals surface area contributed by atoms with Gasteiger partial charge in [-0.15, -0.1) is 11.3 Å². The Hall–Kier alpha value is -4.96. The number of thiazole rings is 1. The lowest BCUT2D eigenvalue weighted by molar-refractivity contribution is 0.1000. The van der Waals surface area contributed by atoms with Gasteiger partial charge in [0, 0.05) is 34.8 Å². The van der Waals surface area contributed by atoms with Gasteiger partial charge in [0.2, 0.25) is 5.91 Å². The van der Waals surface area contributed by atoms with E-state index in [0.29, 0.717) is 11.4 Å². The molecule has 1 amide bonds. The van der Waals surface area contributed by atoms with Crippen LogP contribution >= 0.6 is 11.3 Å². The number of aromatic nitrogens is 6. The van der Waals surface area contributed by atoms with Gasteiger partial charge in [-0.3, -0.25) is 14.3 Å². The first kappa shape index (κ1) is 26.3. The fraction of sp³-hybridized carbons (Fsp3) is 0.161. The van der Waals surface area contributed by atoms with Crippen LogP contribution < -0.4 is 11.5 Å². The molecule has 1 aromatic carbocycles. The third-order valence-corrected chi connectivity index (χ3v) is 7.94. The molecule has 5 aromatic heterocycles. The van der Waals surface area contributed by atoms with E-state index in [-0.39, 0.29) is 0 Å². The molecule has 4 N–H and O–H groups in total. The van der Waals surface area contributed by atoms with Crippen LogP contribution in [0.4, 0.5) is 5.82 Å². The first-order chi connectivity index (χ1) is 19.9. The summed E-state index contributed by atoms with van der Waals surface area (Å²) in [4.78, 5) is 33.2. The number of hydrogen-bond donors (Lipinski definition) is 2. The van der Waals surface area contributed by atoms with E-state index in [0.717, 1.165) is 63.2 Å². The summed E-state index contributed by atoms with van der Waals surface area (Å²) < 4.78 is 2.10. The van der Waals surface area contributed by atoms with Gasteiger partial charge >= 0.3 is 0 Å². The summed E-state index contributed by atoms with van der Waals surface area (Å²) in [6, 6.07) is 17.9. The molecular formula is C31H28N8OS. The molecule has 10 heteroatoms. The van der Waals surface area contributed by atoms with Gasteiger partial charge in [-0.25, -0.2) is 19.9 Å². The van der Waals surface area contributed by atoms with Gasteiger partial charge in [0.15, 0.2) is 11.5 Å². The molecule has 1 aliphatic carbocycles. The normalized spacial score (nSPS) is 12.1. The number of fused-ring (bicyclic) bond motifs is 2. The number of carbonyl (C=O) groups is 1. The quantitative estimate of drug-likeness (QED) is 0.291. The van der Waals surface area contributed by atoms with Crippen LogP contribution in [-0.2, 0) is 12.8 Å². The Morgan fingerprint density at radius 2 is 1.78 bits per heavy atom. The fourth-order valence-electron chi connectivity index (χ4n) is 4.89. The van der Waals surface area contributed by atoms with Gasteiger partial charge in [0.25, 0.3) is 0 Å². The second-order valence-electron chi connectivity index (χ2n) is 9.90. The van der Waals surface area contributed by atoms with Crippen LogP contribution in [0, 0.1) is 13.8 Å². The molecule has 5 heterocycles. The van der Waals surface area contributed by atoms with Crippen molar-refractivity contribution in [1.29, 1.82) is 0 Å². The molecule has 0 atom stereocenters. The van der Waals surface area contributed by atoms with E-state index in [9.17, 15) is 4.79 Å². The van der Waals surface area contributed by atoms with Crippen molar-refractivity contribution in [2.24, 2.45) is 5.73 Å². The van der Waals surface area contributed by atoms with Crippen LogP contribution in [0.5, 0.6) is 0 Å². The highest BCUT2D eigenvalue weighted by Gasteiger charge is 2.20. The first-order valence-corrected chi connectivity index (χ1v) is 14.1. The Bertz CT molecular complexity index is 1890. The minimum absolute atomic E-state index is 0.438. The Morgan fingerprint density at radius 3 is 2.51 bits per heavy atom. The van der Waals surface area contributed by atoms with Crippen LogP contribution in [0.3, 0.4) is 0 Å². The third kappa shape index (κ3) is 5.29. The number of hydrogen-bond acceptors (Lipinski definition) is 8. The summed E-state index contributed by atoms with van der Waals surface area (Å²) in [6.07, 6.45) is 6.63. The van der Waals surface area contributed by atoms with Crippen LogP contribution in [-0.4, -0.2) is 35.4 Å². The zero-order chi connectivity index (χ0) is 28.5. The summed E-state index contributed by atoms with van der Waals surface area (Å²) in [6.45, 7) is 3.85. The summed E-state index contributed by atoms with van der Waals surface area (Å²) in [7, 11) is 0. The SMILES string of the molecule is Cc1ccc(C(N)=O)cn1.Cc1csc(-c2ccc3nc(-c4cccnc4N)n(-c4ccc5c(c4)CCC5)c3n2)n1. The van der Waals surface area contributed by atoms with Crippen molar-refractivity contribution in [3.63, 3.8) is 0 Å². The number of primary amides is 1. The van der Waals surface area contributed by atoms with E-state index in [1.165, 1.54) is 23.7 Å². The highest BCUT2D eigenvalue weighted by Crippen LogP contribution is 2.33. The van der Waals surface area contributed by atoms with Gasteiger partial charge in [-0.1, -0.05) is 6.07 Å². The molecule has 0 saturated carbocycles. The number of nitrogen functional groups attached to an aromatic ring is 1. The zero-order valence-corrected chi connectivity index (χ0v) is 23.5. The van der Waals surface area contributed by atoms with Gasteiger partial charge in [-0.2, -0.15) is 0 Å². The van der Waals surface area contributed by atoms with Crippen molar-refractivity contribution in [2.75, 3.05) is 5.73 Å². The van der Waals surface area contributed by atoms with Gasteiger partial charge < -0.3 is 11.5 Å². The molecule has 0 fully saturated rings. The standard InChI is InChI=1S/C24H20N6S.C7H8N2O/c1-14-13-31-24(27-14)20-10-9-19-23(29-20)30(17-8-7-15-4-2-5-16(15)12-17)22(28-19)18-6-3-11-26-21(18)25;1-5-2-3-6(4-9-5)7(8)10/h3,6-13H,2,4-5H2,1H3,(H2,25,26);2-4H,1H3,(H2,8,10). The molecular weight excluding hydrogens is 532 g/mol. The highest BCUT2D eigenvalue weighted by atomic mass is 32.1. The summed E-state index contributed by atoms with van der Waals surface area (Å²) in [5, 5.41) is 2.95. The van der Waals surface area contributed by atoms with Crippen LogP contribution in [0.1, 0.15) is 39.3 Å². The predicted octanol–water partition coefficient (Wildman–Crippen LogP) is 5.47. The lowest BCUT2D eigenvalue weighted by Crippen LogP contribution is -2.10. The minimum atomic E-state index is -0.438. The second-order valence-corrected chi connectivity index (χ2v) is 10.8. The maximum absolute atomic E-state index is 10.5. The number of imidazole rings is 1. The van der Waals surface area contributed by atoms with Crippen molar-refractivity contribution >= 4 is 34.2 Å². The number of aryl methyl sites for hydroxylation is 4. The Labute approximate surface area is 241 Å². The van der Waals surface area contributed by atoms with Crippen LogP contribution in [0.2, 0.25) is 0 Å². The monoisotopic (exact) mass is 560 g/mol. The highest BCUT2D eigenvalue weighted by molar-refractivity contribution is 7.13. The number of nitrogens with zero attached hydrogens (tertiary/aromatic N) is 6. The molecule has 0 radical (unpaired) electrons. The molecule has 6 aromatic rings. The van der Waals surface area contributed by atoms with Crippen molar-refractivity contribution < 1.29 is 4.79 Å².